The van der Waals surface area contributed by atoms with Crippen molar-refractivity contribution in [2.75, 3.05) is 0 Å². The van der Waals surface area contributed by atoms with Crippen LogP contribution in [0.2, 0.25) is 0 Å². The summed E-state index contributed by atoms with van der Waals surface area (Å²) in [5.74, 6) is 0. The van der Waals surface area contributed by atoms with E-state index in [0.717, 1.165) is 5.56 Å². The monoisotopic (exact) mass is 315 g/mol. The lowest BCUT2D eigenvalue weighted by molar-refractivity contribution is 0.422. The van der Waals surface area contributed by atoms with Gasteiger partial charge >= 0.3 is 0 Å². The van der Waals surface area contributed by atoms with Crippen LogP contribution in [0.3, 0.4) is 0 Å². The summed E-state index contributed by atoms with van der Waals surface area (Å²) in [5, 5.41) is 3.87. The van der Waals surface area contributed by atoms with Gasteiger partial charge in [-0.15, -0.1) is 0 Å². The van der Waals surface area contributed by atoms with Gasteiger partial charge in [-0.3, -0.25) is 4.55 Å². The number of rotatable bonds is 3. The Balaban J connectivity index is 2.33. The van der Waals surface area contributed by atoms with Crippen molar-refractivity contribution in [1.82, 2.24) is 5.16 Å². The van der Waals surface area contributed by atoms with E-state index in [9.17, 15) is 13.0 Å². The Hall–Kier alpha value is -2.44. The molecule has 0 bridgehead atoms. The fourth-order valence-electron chi connectivity index (χ4n) is 2.46. The molecule has 1 heterocycles. The molecular weight excluding hydrogens is 302 g/mol. The summed E-state index contributed by atoms with van der Waals surface area (Å²) in [6.45, 7) is 1.64. The molecule has 2 aromatic carbocycles. The Kier molecular flexibility index (Phi) is 3.56. The van der Waals surface area contributed by atoms with Crippen LogP contribution in [0.5, 0.6) is 0 Å². The molecule has 22 heavy (non-hydrogen) atoms. The summed E-state index contributed by atoms with van der Waals surface area (Å²) in [6.07, 6.45) is 1.45. The lowest BCUT2D eigenvalue weighted by Gasteiger charge is -2.12. The molecular formula is C16H13NO4S. The Labute approximate surface area is 128 Å². The molecule has 0 radical (unpaired) electrons. The van der Waals surface area contributed by atoms with E-state index < -0.39 is 10.1 Å². The molecule has 5 nitrogen and oxygen atoms in total. The molecule has 3 aromatic rings. The zero-order valence-electron chi connectivity index (χ0n) is 11.7. The van der Waals surface area contributed by atoms with E-state index in [4.69, 9.17) is 4.52 Å². The fourth-order valence-corrected chi connectivity index (χ4v) is 3.38. The third kappa shape index (κ3) is 2.66. The summed E-state index contributed by atoms with van der Waals surface area (Å²) < 4.78 is 37.9. The average Bonchev–Trinajstić information content (AvgIpc) is 3.00. The van der Waals surface area contributed by atoms with Gasteiger partial charge in [0.1, 0.15) is 16.9 Å². The maximum absolute atomic E-state index is 11.8. The van der Waals surface area contributed by atoms with Crippen molar-refractivity contribution in [2.45, 2.75) is 11.8 Å². The Morgan fingerprint density at radius 2 is 1.77 bits per heavy atom. The highest BCUT2D eigenvalue weighted by molar-refractivity contribution is 7.86. The van der Waals surface area contributed by atoms with E-state index in [-0.39, 0.29) is 4.90 Å². The first-order valence-electron chi connectivity index (χ1n) is 6.55. The highest BCUT2D eigenvalue weighted by Crippen LogP contribution is 2.34. The molecule has 0 aliphatic carbocycles. The van der Waals surface area contributed by atoms with Crippen LogP contribution in [0.4, 0.5) is 0 Å². The number of hydrogen-bond donors (Lipinski definition) is 1. The summed E-state index contributed by atoms with van der Waals surface area (Å²) >= 11 is 0. The maximum Gasteiger partial charge on any atom is 0.295 e. The third-order valence-electron chi connectivity index (χ3n) is 3.35. The number of benzene rings is 2. The number of aromatic nitrogens is 1. The molecule has 1 N–H and O–H groups in total. The largest absolute Gasteiger partial charge is 0.364 e. The van der Waals surface area contributed by atoms with Gasteiger partial charge < -0.3 is 4.52 Å². The SMILES string of the molecule is Cc1cc(-c2ccon2)cc(-c2ccccc2)c1S(=O)(=O)O. The van der Waals surface area contributed by atoms with Crippen molar-refractivity contribution in [1.29, 1.82) is 0 Å². The van der Waals surface area contributed by atoms with Crippen molar-refractivity contribution in [3.8, 4) is 22.4 Å². The third-order valence-corrected chi connectivity index (χ3v) is 4.41. The first kappa shape index (κ1) is 14.5. The van der Waals surface area contributed by atoms with Gasteiger partial charge in [-0.1, -0.05) is 35.5 Å². The second kappa shape index (κ2) is 5.40. The molecule has 112 valence electrons. The van der Waals surface area contributed by atoms with Crippen LogP contribution in [0.15, 0.2) is 64.2 Å². The van der Waals surface area contributed by atoms with E-state index in [0.29, 0.717) is 22.4 Å². The zero-order chi connectivity index (χ0) is 15.7. The summed E-state index contributed by atoms with van der Waals surface area (Å²) in [6, 6.07) is 14.1. The summed E-state index contributed by atoms with van der Waals surface area (Å²) in [4.78, 5) is -0.0917. The molecule has 0 spiro atoms. The highest BCUT2D eigenvalue weighted by atomic mass is 32.2. The van der Waals surface area contributed by atoms with Gasteiger partial charge in [-0.2, -0.15) is 8.42 Å². The van der Waals surface area contributed by atoms with Gasteiger partial charge in [0.2, 0.25) is 0 Å². The summed E-state index contributed by atoms with van der Waals surface area (Å²) in [5.41, 5.74) is 2.89. The lowest BCUT2D eigenvalue weighted by Crippen LogP contribution is -2.04. The molecule has 0 saturated heterocycles. The molecule has 0 saturated carbocycles. The molecule has 3 rings (SSSR count). The minimum Gasteiger partial charge on any atom is -0.364 e. The van der Waals surface area contributed by atoms with Crippen molar-refractivity contribution in [2.24, 2.45) is 0 Å². The summed E-state index contributed by atoms with van der Waals surface area (Å²) in [7, 11) is -4.34. The van der Waals surface area contributed by atoms with Crippen LogP contribution in [-0.2, 0) is 10.1 Å². The normalized spacial score (nSPS) is 11.5. The molecule has 0 fully saturated rings. The van der Waals surface area contributed by atoms with Gasteiger partial charge in [-0.05, 0) is 30.2 Å². The van der Waals surface area contributed by atoms with Crippen LogP contribution in [-0.4, -0.2) is 18.1 Å². The second-order valence-corrected chi connectivity index (χ2v) is 6.25. The van der Waals surface area contributed by atoms with Gasteiger partial charge in [0.05, 0.1) is 0 Å². The molecule has 1 aromatic heterocycles. The predicted molar refractivity (Wildman–Crippen MR) is 81.9 cm³/mol. The topological polar surface area (TPSA) is 80.4 Å². The molecule has 6 heteroatoms. The van der Waals surface area contributed by atoms with Crippen LogP contribution in [0.1, 0.15) is 5.56 Å². The van der Waals surface area contributed by atoms with Crippen LogP contribution in [0, 0.1) is 6.92 Å². The molecule has 0 aliphatic heterocycles. The van der Waals surface area contributed by atoms with Crippen LogP contribution in [0.25, 0.3) is 22.4 Å². The lowest BCUT2D eigenvalue weighted by atomic mass is 9.99. The molecule has 0 amide bonds. The average molecular weight is 315 g/mol. The van der Waals surface area contributed by atoms with Crippen molar-refractivity contribution in [3.63, 3.8) is 0 Å². The Morgan fingerprint density at radius 1 is 1.05 bits per heavy atom. The standard InChI is InChI=1S/C16H13NO4S/c1-11-9-13(15-7-8-21-17-15)10-14(16(11)22(18,19)20)12-5-3-2-4-6-12/h2-10H,1H3,(H,18,19,20). The van der Waals surface area contributed by atoms with E-state index in [1.807, 2.05) is 6.07 Å². The van der Waals surface area contributed by atoms with Gasteiger partial charge in [0.15, 0.2) is 0 Å². The number of hydrogen-bond acceptors (Lipinski definition) is 4. The van der Waals surface area contributed by atoms with E-state index >= 15 is 0 Å². The van der Waals surface area contributed by atoms with Gasteiger partial charge in [0, 0.05) is 17.2 Å². The number of aryl methyl sites for hydroxylation is 1. The second-order valence-electron chi connectivity index (χ2n) is 4.90. The van der Waals surface area contributed by atoms with Crippen LogP contribution >= 0.6 is 0 Å². The Morgan fingerprint density at radius 3 is 2.36 bits per heavy atom. The zero-order valence-corrected chi connectivity index (χ0v) is 12.5. The van der Waals surface area contributed by atoms with Gasteiger partial charge in [-0.25, -0.2) is 0 Å². The fraction of sp³-hybridized carbons (Fsp3) is 0.0625. The number of nitrogens with zero attached hydrogens (tertiary/aromatic N) is 1. The van der Waals surface area contributed by atoms with E-state index in [1.165, 1.54) is 6.26 Å². The molecule has 0 unspecified atom stereocenters. The predicted octanol–water partition coefficient (Wildman–Crippen LogP) is 3.56. The first-order valence-corrected chi connectivity index (χ1v) is 7.99. The molecule has 0 aliphatic rings. The van der Waals surface area contributed by atoms with E-state index in [2.05, 4.69) is 5.16 Å². The highest BCUT2D eigenvalue weighted by Gasteiger charge is 2.21. The van der Waals surface area contributed by atoms with Crippen LogP contribution < -0.4 is 0 Å². The Bertz CT molecular complexity index is 901. The van der Waals surface area contributed by atoms with Gasteiger partial charge in [0.25, 0.3) is 10.1 Å². The van der Waals surface area contributed by atoms with Crippen molar-refractivity contribution >= 4 is 10.1 Å². The van der Waals surface area contributed by atoms with Crippen molar-refractivity contribution in [3.05, 3.63) is 60.4 Å². The maximum atomic E-state index is 11.8. The smallest absolute Gasteiger partial charge is 0.295 e. The minimum absolute atomic E-state index is 0.0917. The van der Waals surface area contributed by atoms with Crippen molar-refractivity contribution < 1.29 is 17.5 Å². The van der Waals surface area contributed by atoms with E-state index in [1.54, 1.807) is 49.4 Å². The quantitative estimate of drug-likeness (QED) is 0.747. The molecule has 0 atom stereocenters. The first-order chi connectivity index (χ1) is 10.5. The minimum atomic E-state index is -4.34.